The van der Waals surface area contributed by atoms with Gasteiger partial charge in [-0.3, -0.25) is 9.59 Å². The third-order valence-electron chi connectivity index (χ3n) is 12.1. The molecule has 0 aliphatic heterocycles. The molecule has 1 aromatic carbocycles. The summed E-state index contributed by atoms with van der Waals surface area (Å²) >= 11 is 1.44. The molecule has 10 heteroatoms. The number of thioether (sulfide) groups is 1. The number of fused-ring (bicyclic) bond motifs is 4. The van der Waals surface area contributed by atoms with Crippen molar-refractivity contribution in [2.24, 2.45) is 34.5 Å². The Morgan fingerprint density at radius 3 is 2.51 bits per heavy atom. The minimum Gasteiger partial charge on any atom is -0.427 e. The summed E-state index contributed by atoms with van der Waals surface area (Å²) in [5, 5.41) is 0. The van der Waals surface area contributed by atoms with Crippen LogP contribution < -0.4 is 4.74 Å². The molecule has 0 aromatic heterocycles. The van der Waals surface area contributed by atoms with Crippen LogP contribution in [-0.4, -0.2) is 60.4 Å². The lowest BCUT2D eigenvalue weighted by molar-refractivity contribution is -0.284. The van der Waals surface area contributed by atoms with Crippen molar-refractivity contribution in [2.75, 3.05) is 31.6 Å². The van der Waals surface area contributed by atoms with Crippen LogP contribution in [0.15, 0.2) is 18.2 Å². The first-order valence-corrected chi connectivity index (χ1v) is 18.0. The Kier molecular flexibility index (Phi) is 9.16. The van der Waals surface area contributed by atoms with Crippen molar-refractivity contribution < 1.29 is 36.3 Å². The number of halogens is 5. The Bertz CT molecular complexity index is 1290. The maximum absolute atomic E-state index is 13.2. The van der Waals surface area contributed by atoms with Gasteiger partial charge in [0.25, 0.3) is 0 Å². The number of esters is 1. The average molecular weight is 656 g/mol. The molecule has 4 nitrogen and oxygen atoms in total. The molecule has 0 heterocycles. The first kappa shape index (κ1) is 33.2. The number of ketones is 1. The standard InChI is InChI=1S/C35H46F5NO3S/c1-22(42)44-25-9-10-26-24(19-25)18-23(31-27(26)11-13-32-28(31)20-30(43)33(32)21-29(32)33)8-4-3-5-14-41(2)15-7-17-45-16-6-12-34(36,37)35(38,39)40/h9-10,19,23,27-29,31H,3-8,11-18,20-21H2,1-2H3/t23-,27?,28?,29?,31?,32?,33?/m1/s1. The molecule has 0 amide bonds. The minimum atomic E-state index is -5.46. The molecule has 6 unspecified atom stereocenters. The van der Waals surface area contributed by atoms with Crippen molar-refractivity contribution in [3.8, 4) is 5.75 Å². The number of nitrogens with zero attached hydrogens (tertiary/aromatic N) is 1. The molecule has 4 saturated carbocycles. The zero-order valence-corrected chi connectivity index (χ0v) is 27.2. The predicted molar refractivity (Wildman–Crippen MR) is 165 cm³/mol. The molecule has 2 spiro atoms. The topological polar surface area (TPSA) is 46.6 Å². The van der Waals surface area contributed by atoms with Crippen molar-refractivity contribution in [1.29, 1.82) is 0 Å². The summed E-state index contributed by atoms with van der Waals surface area (Å²) in [7, 11) is 2.08. The molecule has 6 rings (SSSR count). The predicted octanol–water partition coefficient (Wildman–Crippen LogP) is 8.47. The van der Waals surface area contributed by atoms with Crippen molar-refractivity contribution in [3.05, 3.63) is 29.3 Å². The largest absolute Gasteiger partial charge is 0.453 e. The van der Waals surface area contributed by atoms with Gasteiger partial charge in [-0.2, -0.15) is 33.7 Å². The Labute approximate surface area is 267 Å². The number of hydrogen-bond acceptors (Lipinski definition) is 5. The zero-order valence-electron chi connectivity index (χ0n) is 26.4. The van der Waals surface area contributed by atoms with E-state index < -0.39 is 18.5 Å². The lowest BCUT2D eigenvalue weighted by Crippen LogP contribution is -2.43. The first-order valence-electron chi connectivity index (χ1n) is 16.9. The number of unbranched alkanes of at least 4 members (excludes halogenated alkanes) is 2. The highest BCUT2D eigenvalue weighted by molar-refractivity contribution is 7.99. The second kappa shape index (κ2) is 12.4. The van der Waals surface area contributed by atoms with Gasteiger partial charge in [0, 0.05) is 25.2 Å². The van der Waals surface area contributed by atoms with Gasteiger partial charge in [-0.25, -0.2) is 0 Å². The summed E-state index contributed by atoms with van der Waals surface area (Å²) in [6.45, 7) is 3.28. The Morgan fingerprint density at radius 2 is 1.80 bits per heavy atom. The summed E-state index contributed by atoms with van der Waals surface area (Å²) in [5.74, 6) is 0.0927. The summed E-state index contributed by atoms with van der Waals surface area (Å²) < 4.78 is 68.2. The SMILES string of the molecule is CC(=O)Oc1ccc2c(c1)C[C@@H](CCCCCN(C)CCCSCCCC(F)(F)C(F)(F)F)C1C2CCC23C1CC(=O)C21CC13. The number of hydrogen-bond donors (Lipinski definition) is 0. The van der Waals surface area contributed by atoms with Gasteiger partial charge in [-0.1, -0.05) is 18.9 Å². The van der Waals surface area contributed by atoms with E-state index in [1.54, 1.807) is 0 Å². The maximum atomic E-state index is 13.2. The van der Waals surface area contributed by atoms with Crippen LogP contribution in [0.3, 0.4) is 0 Å². The average Bonchev–Trinajstić information content (AvgIpc) is 3.83. The Hall–Kier alpha value is -1.68. The fourth-order valence-corrected chi connectivity index (χ4v) is 11.0. The number of benzene rings is 1. The van der Waals surface area contributed by atoms with Gasteiger partial charge in [0.15, 0.2) is 0 Å². The third kappa shape index (κ3) is 5.97. The van der Waals surface area contributed by atoms with E-state index in [2.05, 4.69) is 24.1 Å². The molecule has 4 fully saturated rings. The lowest BCUT2D eigenvalue weighted by Gasteiger charge is -2.51. The smallest absolute Gasteiger partial charge is 0.427 e. The Balaban J connectivity index is 0.954. The Morgan fingerprint density at radius 1 is 1.04 bits per heavy atom. The maximum Gasteiger partial charge on any atom is 0.453 e. The normalized spacial score (nSPS) is 32.8. The molecule has 1 aromatic rings. The van der Waals surface area contributed by atoms with E-state index in [1.807, 2.05) is 6.07 Å². The number of carbonyl (C=O) groups is 2. The van der Waals surface area contributed by atoms with Gasteiger partial charge in [-0.05, 0) is 141 Å². The van der Waals surface area contributed by atoms with Crippen LogP contribution >= 0.6 is 11.8 Å². The van der Waals surface area contributed by atoms with E-state index in [-0.39, 0.29) is 17.8 Å². The second-order valence-electron chi connectivity index (χ2n) is 14.6. The van der Waals surface area contributed by atoms with Crippen LogP contribution in [0.1, 0.15) is 94.6 Å². The van der Waals surface area contributed by atoms with E-state index in [0.717, 1.165) is 76.6 Å². The van der Waals surface area contributed by atoms with Crippen molar-refractivity contribution in [3.63, 3.8) is 0 Å². The van der Waals surface area contributed by atoms with Gasteiger partial charge >= 0.3 is 18.1 Å². The number of alkyl halides is 5. The fourth-order valence-electron chi connectivity index (χ4n) is 10.1. The molecule has 7 atom stereocenters. The van der Waals surface area contributed by atoms with E-state index in [1.165, 1.54) is 36.2 Å². The van der Waals surface area contributed by atoms with Gasteiger partial charge in [0.1, 0.15) is 11.5 Å². The number of Topliss-reactive ketones (excluding diaryl/α,β-unsaturated/α-hetero) is 1. The van der Waals surface area contributed by atoms with Crippen LogP contribution in [0.4, 0.5) is 22.0 Å². The van der Waals surface area contributed by atoms with Gasteiger partial charge < -0.3 is 9.64 Å². The summed E-state index contributed by atoms with van der Waals surface area (Å²) in [6, 6.07) is 6.19. The molecule has 0 bridgehead atoms. The first-order chi connectivity index (χ1) is 21.3. The van der Waals surface area contributed by atoms with Crippen LogP contribution in [0.5, 0.6) is 5.75 Å². The van der Waals surface area contributed by atoms with E-state index in [0.29, 0.717) is 52.3 Å². The van der Waals surface area contributed by atoms with E-state index in [4.69, 9.17) is 4.74 Å². The fraction of sp³-hybridized carbons (Fsp3) is 0.771. The molecular formula is C35H46F5NO3S. The highest BCUT2D eigenvalue weighted by atomic mass is 32.2. The van der Waals surface area contributed by atoms with Gasteiger partial charge in [-0.15, -0.1) is 0 Å². The molecule has 5 aliphatic carbocycles. The molecule has 5 aliphatic rings. The van der Waals surface area contributed by atoms with Crippen molar-refractivity contribution >= 4 is 23.5 Å². The van der Waals surface area contributed by atoms with Crippen molar-refractivity contribution in [2.45, 2.75) is 102 Å². The van der Waals surface area contributed by atoms with Gasteiger partial charge in [0.05, 0.1) is 0 Å². The molecule has 0 radical (unpaired) electrons. The summed E-state index contributed by atoms with van der Waals surface area (Å²) in [4.78, 5) is 27.1. The molecule has 0 N–H and O–H groups in total. The molecule has 45 heavy (non-hydrogen) atoms. The van der Waals surface area contributed by atoms with Crippen LogP contribution in [0.25, 0.3) is 0 Å². The molecular weight excluding hydrogens is 609 g/mol. The van der Waals surface area contributed by atoms with Crippen LogP contribution in [0, 0.1) is 34.5 Å². The second-order valence-corrected chi connectivity index (χ2v) is 15.8. The van der Waals surface area contributed by atoms with E-state index >= 15 is 0 Å². The monoisotopic (exact) mass is 655 g/mol. The van der Waals surface area contributed by atoms with Crippen LogP contribution in [-0.2, 0) is 16.0 Å². The highest BCUT2D eigenvalue weighted by Gasteiger charge is 2.96. The van der Waals surface area contributed by atoms with E-state index in [9.17, 15) is 31.5 Å². The summed E-state index contributed by atoms with van der Waals surface area (Å²) in [6.07, 6.45) is 3.86. The van der Waals surface area contributed by atoms with Crippen molar-refractivity contribution in [1.82, 2.24) is 4.90 Å². The lowest BCUT2D eigenvalue weighted by atomic mass is 9.53. The minimum absolute atomic E-state index is 0.0670. The third-order valence-corrected chi connectivity index (χ3v) is 13.3. The number of rotatable bonds is 15. The number of ether oxygens (including phenoxy) is 1. The summed E-state index contributed by atoms with van der Waals surface area (Å²) in [5.41, 5.74) is 3.09. The van der Waals surface area contributed by atoms with Crippen LogP contribution in [0.2, 0.25) is 0 Å². The highest BCUT2D eigenvalue weighted by Crippen LogP contribution is 2.97. The quantitative estimate of drug-likeness (QED) is 0.0822. The number of carbonyl (C=O) groups excluding carboxylic acids is 2. The molecule has 0 saturated heterocycles. The zero-order chi connectivity index (χ0) is 32.2. The molecule has 250 valence electrons. The van der Waals surface area contributed by atoms with Gasteiger partial charge in [0.2, 0.25) is 0 Å².